The molecule has 0 amide bonds. The standard InChI is InChI=1S/C55H62F6O/c1-33-12-21-48(26-34(33)2)53(54(56,57)58,55(59,60)61)49-24-19-44(39(7)29-49)14-13-42-17-22-46(27-37(42)5)52(10,11)47-23-18-43(38(6)28-47)15-16-45-20-25-50(32-40(45)8)62-51-30-35(3)41(9)36(4)31-51/h12,17-28,30,32,36,49H,13-16,29,31H2,1-11H3. The third kappa shape index (κ3) is 9.29. The van der Waals surface area contributed by atoms with Crippen LogP contribution in [0.1, 0.15) is 122 Å². The van der Waals surface area contributed by atoms with E-state index in [9.17, 15) is 26.3 Å². The van der Waals surface area contributed by atoms with Gasteiger partial charge in [-0.15, -0.1) is 0 Å². The van der Waals surface area contributed by atoms with Crippen molar-refractivity contribution in [2.75, 3.05) is 0 Å². The Morgan fingerprint density at radius 1 is 0.565 bits per heavy atom. The van der Waals surface area contributed by atoms with Crippen molar-refractivity contribution >= 4 is 0 Å². The van der Waals surface area contributed by atoms with Gasteiger partial charge in [-0.05, 0) is 184 Å². The maximum Gasteiger partial charge on any atom is 0.407 e. The van der Waals surface area contributed by atoms with Crippen LogP contribution in [0.3, 0.4) is 0 Å². The summed E-state index contributed by atoms with van der Waals surface area (Å²) in [6, 6.07) is 23.1. The normalized spacial score (nSPS) is 17.8. The molecule has 0 aromatic heterocycles. The Balaban J connectivity index is 1.11. The number of halogens is 6. The molecule has 62 heavy (non-hydrogen) atoms. The van der Waals surface area contributed by atoms with Crippen molar-refractivity contribution in [3.63, 3.8) is 0 Å². The van der Waals surface area contributed by atoms with Gasteiger partial charge in [0.2, 0.25) is 0 Å². The molecule has 0 spiro atoms. The van der Waals surface area contributed by atoms with E-state index in [4.69, 9.17) is 4.74 Å². The highest BCUT2D eigenvalue weighted by Crippen LogP contribution is 2.59. The molecule has 0 saturated heterocycles. The highest BCUT2D eigenvalue weighted by molar-refractivity contribution is 5.47. The van der Waals surface area contributed by atoms with E-state index < -0.39 is 29.2 Å². The van der Waals surface area contributed by atoms with Crippen molar-refractivity contribution in [1.29, 1.82) is 0 Å². The molecule has 0 saturated carbocycles. The Morgan fingerprint density at radius 2 is 1.06 bits per heavy atom. The zero-order valence-electron chi connectivity index (χ0n) is 38.2. The molecule has 1 nitrogen and oxygen atoms in total. The van der Waals surface area contributed by atoms with Gasteiger partial charge < -0.3 is 4.74 Å². The number of aryl methyl sites for hydroxylation is 8. The van der Waals surface area contributed by atoms with Crippen molar-refractivity contribution in [3.8, 4) is 5.75 Å². The zero-order valence-corrected chi connectivity index (χ0v) is 38.2. The predicted molar refractivity (Wildman–Crippen MR) is 242 cm³/mol. The van der Waals surface area contributed by atoms with Gasteiger partial charge in [0, 0.05) is 17.8 Å². The third-order valence-corrected chi connectivity index (χ3v) is 14.3. The van der Waals surface area contributed by atoms with E-state index in [1.807, 2.05) is 0 Å². The molecule has 2 unspecified atom stereocenters. The van der Waals surface area contributed by atoms with Crippen LogP contribution in [-0.2, 0) is 30.1 Å². The largest absolute Gasteiger partial charge is 0.462 e. The molecule has 7 heteroatoms. The lowest BCUT2D eigenvalue weighted by atomic mass is 9.64. The van der Waals surface area contributed by atoms with Crippen LogP contribution in [0.5, 0.6) is 5.75 Å². The molecule has 2 aliphatic rings. The smallest absolute Gasteiger partial charge is 0.407 e. The van der Waals surface area contributed by atoms with E-state index >= 15 is 0 Å². The summed E-state index contributed by atoms with van der Waals surface area (Å²) >= 11 is 0. The third-order valence-electron chi connectivity index (χ3n) is 14.3. The van der Waals surface area contributed by atoms with Gasteiger partial charge in [-0.1, -0.05) is 105 Å². The molecule has 2 atom stereocenters. The average molecular weight is 853 g/mol. The SMILES string of the molecule is CC1=C(C)C(C)CC(Oc2ccc(CCc3ccc(C(C)(C)c4ccc(CCC5=C(C)CC(C(c6ccc(C)c(C)c6)(C(F)(F)F)C(F)(F)F)C=C5)c(C)c4)cc3C)c(C)c2)=C1. The maximum absolute atomic E-state index is 14.9. The number of hydrogen-bond acceptors (Lipinski definition) is 1. The van der Waals surface area contributed by atoms with Crippen molar-refractivity contribution in [2.45, 2.75) is 138 Å². The first-order chi connectivity index (χ1) is 28.9. The van der Waals surface area contributed by atoms with Crippen LogP contribution in [-0.4, -0.2) is 12.4 Å². The molecular weight excluding hydrogens is 791 g/mol. The Hall–Kier alpha value is -4.78. The number of hydrogen-bond donors (Lipinski definition) is 0. The summed E-state index contributed by atoms with van der Waals surface area (Å²) in [5.74, 6) is 0.557. The van der Waals surface area contributed by atoms with Gasteiger partial charge >= 0.3 is 12.4 Å². The summed E-state index contributed by atoms with van der Waals surface area (Å²) in [6.07, 6.45) is -2.74. The number of benzene rings is 4. The summed E-state index contributed by atoms with van der Waals surface area (Å²) in [7, 11) is 0. The average Bonchev–Trinajstić information content (AvgIpc) is 3.17. The van der Waals surface area contributed by atoms with Gasteiger partial charge in [0.15, 0.2) is 5.41 Å². The lowest BCUT2D eigenvalue weighted by molar-refractivity contribution is -0.315. The minimum Gasteiger partial charge on any atom is -0.462 e. The minimum atomic E-state index is -5.56. The Labute approximate surface area is 365 Å². The van der Waals surface area contributed by atoms with Crippen molar-refractivity contribution in [2.24, 2.45) is 11.8 Å². The van der Waals surface area contributed by atoms with Gasteiger partial charge in [-0.3, -0.25) is 0 Å². The second kappa shape index (κ2) is 17.8. The summed E-state index contributed by atoms with van der Waals surface area (Å²) in [6.45, 7) is 22.3. The molecule has 6 rings (SSSR count). The number of ether oxygens (including phenoxy) is 1. The molecule has 0 bridgehead atoms. The van der Waals surface area contributed by atoms with E-state index in [0.717, 1.165) is 65.7 Å². The summed E-state index contributed by atoms with van der Waals surface area (Å²) in [5, 5.41) is 0. The molecule has 0 fully saturated rings. The van der Waals surface area contributed by atoms with E-state index in [0.29, 0.717) is 35.5 Å². The monoisotopic (exact) mass is 852 g/mol. The van der Waals surface area contributed by atoms with Crippen LogP contribution < -0.4 is 4.74 Å². The second-order valence-corrected chi connectivity index (χ2v) is 18.8. The summed E-state index contributed by atoms with van der Waals surface area (Å²) < 4.78 is 95.6. The first kappa shape index (κ1) is 46.7. The van der Waals surface area contributed by atoms with Gasteiger partial charge in [0.05, 0.1) is 0 Å². The van der Waals surface area contributed by atoms with Crippen LogP contribution in [0.25, 0.3) is 0 Å². The van der Waals surface area contributed by atoms with Gasteiger partial charge in [-0.25, -0.2) is 0 Å². The van der Waals surface area contributed by atoms with Gasteiger partial charge in [0.1, 0.15) is 11.5 Å². The Morgan fingerprint density at radius 3 is 1.55 bits per heavy atom. The fourth-order valence-corrected chi connectivity index (χ4v) is 9.54. The number of allylic oxidation sites excluding steroid dienone is 8. The van der Waals surface area contributed by atoms with Gasteiger partial charge in [-0.2, -0.15) is 26.3 Å². The fourth-order valence-electron chi connectivity index (χ4n) is 9.54. The lowest BCUT2D eigenvalue weighted by Crippen LogP contribution is -2.58. The van der Waals surface area contributed by atoms with Crippen LogP contribution in [0.2, 0.25) is 0 Å². The van der Waals surface area contributed by atoms with E-state index in [2.05, 4.69) is 116 Å². The Bertz CT molecular complexity index is 2440. The predicted octanol–water partition coefficient (Wildman–Crippen LogP) is 15.9. The first-order valence-electron chi connectivity index (χ1n) is 21.9. The van der Waals surface area contributed by atoms with Crippen LogP contribution in [0.15, 0.2) is 119 Å². The summed E-state index contributed by atoms with van der Waals surface area (Å²) in [4.78, 5) is 0. The lowest BCUT2D eigenvalue weighted by Gasteiger charge is -2.44. The molecule has 0 N–H and O–H groups in total. The molecule has 0 radical (unpaired) electrons. The topological polar surface area (TPSA) is 9.23 Å². The molecule has 0 aliphatic heterocycles. The van der Waals surface area contributed by atoms with E-state index in [1.165, 1.54) is 56.7 Å². The zero-order chi connectivity index (χ0) is 45.5. The molecule has 330 valence electrons. The van der Waals surface area contributed by atoms with Crippen molar-refractivity contribution < 1.29 is 31.1 Å². The van der Waals surface area contributed by atoms with Crippen LogP contribution >= 0.6 is 0 Å². The summed E-state index contributed by atoms with van der Waals surface area (Å²) in [5.41, 5.74) is 9.68. The van der Waals surface area contributed by atoms with E-state index in [-0.39, 0.29) is 11.8 Å². The minimum absolute atomic E-state index is 0.280. The number of rotatable bonds is 12. The number of alkyl halides is 6. The molecule has 2 aliphatic carbocycles. The van der Waals surface area contributed by atoms with Crippen molar-refractivity contribution in [1.82, 2.24) is 0 Å². The van der Waals surface area contributed by atoms with E-state index in [1.54, 1.807) is 20.8 Å². The van der Waals surface area contributed by atoms with Crippen LogP contribution in [0.4, 0.5) is 26.3 Å². The molecule has 4 aromatic rings. The van der Waals surface area contributed by atoms with Crippen LogP contribution in [0, 0.1) is 46.5 Å². The van der Waals surface area contributed by atoms with Gasteiger partial charge in [0.25, 0.3) is 0 Å². The highest BCUT2D eigenvalue weighted by Gasteiger charge is 2.74. The molecule has 4 aromatic carbocycles. The fraction of sp³-hybridized carbons (Fsp3) is 0.418. The quantitative estimate of drug-likeness (QED) is 0.129. The first-order valence-corrected chi connectivity index (χ1v) is 21.9. The maximum atomic E-state index is 14.9. The highest BCUT2D eigenvalue weighted by atomic mass is 19.4. The molecule has 0 heterocycles. The Kier molecular flexibility index (Phi) is 13.4. The van der Waals surface area contributed by atoms with Crippen molar-refractivity contribution in [3.05, 3.63) is 180 Å². The molecular formula is C55H62F6O. The second-order valence-electron chi connectivity index (χ2n) is 18.8.